The quantitative estimate of drug-likeness (QED) is 0.0562. The molecule has 1 aromatic rings. The molecule has 0 bridgehead atoms. The van der Waals surface area contributed by atoms with Crippen LogP contribution >= 0.6 is 0 Å². The van der Waals surface area contributed by atoms with Gasteiger partial charge in [-0.05, 0) is 68.7 Å². The molecule has 2 aliphatic heterocycles. The van der Waals surface area contributed by atoms with Gasteiger partial charge in [-0.3, -0.25) is 14.6 Å². The highest BCUT2D eigenvalue weighted by atomic mass is 16.7. The van der Waals surface area contributed by atoms with Crippen LogP contribution in [0.15, 0.2) is 88.3 Å². The number of carbonyl (C=O) groups excluding carboxylic acids is 3. The van der Waals surface area contributed by atoms with Crippen molar-refractivity contribution in [3.05, 3.63) is 94.4 Å². The predicted octanol–water partition coefficient (Wildman–Crippen LogP) is 4.14. The third kappa shape index (κ3) is 5.91. The maximum Gasteiger partial charge on any atom is 0.350 e. The molecule has 2 fully saturated rings. The lowest BCUT2D eigenvalue weighted by atomic mass is 9.68. The first-order valence-electron chi connectivity index (χ1n) is 18.8. The van der Waals surface area contributed by atoms with E-state index >= 15 is 0 Å². The largest absolute Gasteiger partial charge is 0.463 e. The van der Waals surface area contributed by atoms with Crippen molar-refractivity contribution in [2.24, 2.45) is 33.7 Å². The summed E-state index contributed by atoms with van der Waals surface area (Å²) in [5.41, 5.74) is 12.2. The van der Waals surface area contributed by atoms with Crippen molar-refractivity contribution < 1.29 is 23.9 Å². The molecule has 0 spiro atoms. The Bertz CT molecular complexity index is 1820. The maximum absolute atomic E-state index is 14.4. The van der Waals surface area contributed by atoms with Crippen molar-refractivity contribution in [1.82, 2.24) is 16.0 Å². The molecule has 1 saturated carbocycles. The third-order valence-corrected chi connectivity index (χ3v) is 12.4. The van der Waals surface area contributed by atoms with E-state index in [1.165, 1.54) is 5.57 Å². The van der Waals surface area contributed by atoms with Gasteiger partial charge in [0.2, 0.25) is 5.78 Å². The van der Waals surface area contributed by atoms with Crippen molar-refractivity contribution >= 4 is 23.5 Å². The number of rotatable bonds is 11. The molecule has 1 saturated heterocycles. The predicted molar refractivity (Wildman–Crippen MR) is 200 cm³/mol. The number of benzene rings is 1. The van der Waals surface area contributed by atoms with Gasteiger partial charge in [-0.25, -0.2) is 4.79 Å². The lowest BCUT2D eigenvalue weighted by Gasteiger charge is -2.41. The van der Waals surface area contributed by atoms with Gasteiger partial charge < -0.3 is 36.9 Å². The van der Waals surface area contributed by atoms with Gasteiger partial charge in [0.05, 0.1) is 18.5 Å². The molecular formula is C41H52N6O5. The number of aliphatic imine (C=N–C) groups is 1. The molecule has 1 aromatic carbocycles. The van der Waals surface area contributed by atoms with Crippen LogP contribution in [0.1, 0.15) is 85.9 Å². The van der Waals surface area contributed by atoms with Gasteiger partial charge in [0.15, 0.2) is 17.3 Å². The van der Waals surface area contributed by atoms with Gasteiger partial charge in [-0.2, -0.15) is 0 Å². The second-order valence-corrected chi connectivity index (χ2v) is 15.2. The van der Waals surface area contributed by atoms with E-state index in [-0.39, 0.29) is 47.9 Å². The fourth-order valence-electron chi connectivity index (χ4n) is 9.52. The molecule has 0 unspecified atom stereocenters. The number of epoxide rings is 1. The first-order valence-corrected chi connectivity index (χ1v) is 18.8. The SMILES string of the molecule is CCN[C@H]1C=C2C=CCC[C@H]2C[C@H]1COC(=O)[C@]12O[C@@]1(C/C=C(\C)C1([C@@H](NC(N)=NC)C3=CCNC(N)=C3)CCCC1)C(=O)c1ccccc1C2=O. The van der Waals surface area contributed by atoms with Gasteiger partial charge in [-0.1, -0.05) is 80.0 Å². The zero-order valence-electron chi connectivity index (χ0n) is 30.5. The van der Waals surface area contributed by atoms with E-state index in [1.807, 2.05) is 12.2 Å². The molecule has 2 heterocycles. The summed E-state index contributed by atoms with van der Waals surface area (Å²) in [6, 6.07) is 6.45. The minimum Gasteiger partial charge on any atom is -0.463 e. The monoisotopic (exact) mass is 708 g/mol. The number of guanidine groups is 1. The minimum atomic E-state index is -2.04. The molecule has 276 valence electrons. The van der Waals surface area contributed by atoms with E-state index in [0.717, 1.165) is 62.6 Å². The molecule has 6 aliphatic rings. The summed E-state index contributed by atoms with van der Waals surface area (Å²) in [5, 5.41) is 10.2. The van der Waals surface area contributed by atoms with Crippen molar-refractivity contribution in [1.29, 1.82) is 0 Å². The molecule has 0 amide bonds. The number of hydrogen-bond acceptors (Lipinski definition) is 9. The summed E-state index contributed by atoms with van der Waals surface area (Å²) >= 11 is 0. The summed E-state index contributed by atoms with van der Waals surface area (Å²) < 4.78 is 12.4. The number of Topliss-reactive ketones (excluding diaryl/α,β-unsaturated/α-hetero) is 2. The van der Waals surface area contributed by atoms with Gasteiger partial charge in [0.25, 0.3) is 5.60 Å². The fraction of sp³-hybridized carbons (Fsp3) is 0.512. The Morgan fingerprint density at radius 2 is 1.94 bits per heavy atom. The Kier molecular flexibility index (Phi) is 9.77. The highest BCUT2D eigenvalue weighted by Gasteiger charge is 2.85. The standard InChI is InChI=1S/C41H52N6O5/c1-4-45-32-22-27-12-6-5-11-26(27)21-29(32)24-51-37(50)41-36(49)31-14-8-7-13-30(31)35(48)40(41,52-41)19-15-25(2)39(17-9-10-18-39)34(47-38(43)44-3)28-16-20-46-33(42)23-28/h6-8,12-16,22-23,26,29,32,34,45-46H,4-5,9-11,17-21,24,42H2,1-3H3,(H3,43,44,47)/b25-15+/t26-,29-,32-,34-,40-,41-/m0/s1. The van der Waals surface area contributed by atoms with E-state index in [0.29, 0.717) is 24.2 Å². The summed E-state index contributed by atoms with van der Waals surface area (Å²) in [6.45, 7) is 5.59. The Labute approximate surface area is 306 Å². The van der Waals surface area contributed by atoms with E-state index < -0.39 is 28.4 Å². The number of nitrogens with two attached hydrogens (primary N) is 2. The zero-order chi connectivity index (χ0) is 36.7. The van der Waals surface area contributed by atoms with E-state index in [4.69, 9.17) is 20.9 Å². The number of likely N-dealkylation sites (N-methyl/N-ethyl adjacent to an activating group) is 1. The van der Waals surface area contributed by atoms with Crippen LogP contribution in [0.3, 0.4) is 0 Å². The normalized spacial score (nSPS) is 31.2. The highest BCUT2D eigenvalue weighted by Crippen LogP contribution is 2.59. The van der Waals surface area contributed by atoms with Crippen molar-refractivity contribution in [3.8, 4) is 0 Å². The molecule has 0 radical (unpaired) electrons. The number of nitrogens with one attached hydrogen (secondary N) is 3. The second kappa shape index (κ2) is 14.2. The average Bonchev–Trinajstić information content (AvgIpc) is 3.63. The van der Waals surface area contributed by atoms with Crippen molar-refractivity contribution in [2.45, 2.75) is 88.5 Å². The number of hydrogen-bond donors (Lipinski definition) is 5. The lowest BCUT2D eigenvalue weighted by Crippen LogP contribution is -2.52. The first kappa shape index (κ1) is 35.9. The number of nitrogens with zero attached hydrogens (tertiary/aromatic N) is 1. The Morgan fingerprint density at radius 1 is 1.19 bits per heavy atom. The van der Waals surface area contributed by atoms with Crippen LogP contribution < -0.4 is 27.4 Å². The number of ketones is 2. The van der Waals surface area contributed by atoms with Crippen LogP contribution in [-0.2, 0) is 14.3 Å². The van der Waals surface area contributed by atoms with Crippen LogP contribution in [0, 0.1) is 17.3 Å². The van der Waals surface area contributed by atoms with Crippen molar-refractivity contribution in [3.63, 3.8) is 0 Å². The molecule has 4 aliphatic carbocycles. The Balaban J connectivity index is 1.20. The van der Waals surface area contributed by atoms with Crippen LogP contribution in [-0.4, -0.2) is 73.5 Å². The van der Waals surface area contributed by atoms with Gasteiger partial charge in [0, 0.05) is 48.5 Å². The lowest BCUT2D eigenvalue weighted by molar-refractivity contribution is -0.150. The minimum absolute atomic E-state index is 0.0238. The smallest absolute Gasteiger partial charge is 0.350 e. The Hall–Kier alpha value is -4.48. The highest BCUT2D eigenvalue weighted by molar-refractivity contribution is 6.32. The summed E-state index contributed by atoms with van der Waals surface area (Å²) in [5.74, 6) is -0.369. The molecular weight excluding hydrogens is 656 g/mol. The van der Waals surface area contributed by atoms with E-state index in [1.54, 1.807) is 31.3 Å². The molecule has 7 N–H and O–H groups in total. The number of allylic oxidation sites excluding steroid dienone is 3. The number of dihydropyridines is 1. The van der Waals surface area contributed by atoms with Crippen LogP contribution in [0.4, 0.5) is 0 Å². The topological polar surface area (TPSA) is 173 Å². The zero-order valence-corrected chi connectivity index (χ0v) is 30.5. The molecule has 52 heavy (non-hydrogen) atoms. The van der Waals surface area contributed by atoms with Crippen LogP contribution in [0.5, 0.6) is 0 Å². The summed E-state index contributed by atoms with van der Waals surface area (Å²) in [6.07, 6.45) is 19.4. The number of esters is 1. The van der Waals surface area contributed by atoms with Crippen LogP contribution in [0.25, 0.3) is 0 Å². The molecule has 0 aromatic heterocycles. The Morgan fingerprint density at radius 3 is 2.65 bits per heavy atom. The van der Waals surface area contributed by atoms with Gasteiger partial charge >= 0.3 is 5.97 Å². The molecule has 11 nitrogen and oxygen atoms in total. The molecule has 6 atom stereocenters. The van der Waals surface area contributed by atoms with Crippen LogP contribution in [0.2, 0.25) is 0 Å². The van der Waals surface area contributed by atoms with Gasteiger partial charge in [-0.15, -0.1) is 0 Å². The maximum atomic E-state index is 14.4. The van der Waals surface area contributed by atoms with E-state index in [2.05, 4.69) is 59.1 Å². The second-order valence-electron chi connectivity index (χ2n) is 15.2. The number of carbonyl (C=O) groups is 3. The molecule has 7 rings (SSSR count). The fourth-order valence-corrected chi connectivity index (χ4v) is 9.52. The van der Waals surface area contributed by atoms with Crippen molar-refractivity contribution in [2.75, 3.05) is 26.7 Å². The summed E-state index contributed by atoms with van der Waals surface area (Å²) in [4.78, 5) is 47.3. The first-order chi connectivity index (χ1) is 25.1. The molecule has 11 heteroatoms. The van der Waals surface area contributed by atoms with E-state index in [9.17, 15) is 14.4 Å². The number of fused-ring (bicyclic) bond motifs is 3. The van der Waals surface area contributed by atoms with Gasteiger partial charge in [0.1, 0.15) is 0 Å². The third-order valence-electron chi connectivity index (χ3n) is 12.4. The number of ether oxygens (including phenoxy) is 2. The average molecular weight is 709 g/mol. The summed E-state index contributed by atoms with van der Waals surface area (Å²) in [7, 11) is 1.65.